The molecule has 1 N–H and O–H groups in total. The summed E-state index contributed by atoms with van der Waals surface area (Å²) in [6.07, 6.45) is 3.33. The first-order chi connectivity index (χ1) is 12.4. The lowest BCUT2D eigenvalue weighted by Crippen LogP contribution is -2.23. The van der Waals surface area contributed by atoms with Gasteiger partial charge in [-0.15, -0.1) is 0 Å². The van der Waals surface area contributed by atoms with Crippen molar-refractivity contribution in [2.75, 3.05) is 0 Å². The molecule has 0 saturated carbocycles. The molecule has 0 fully saturated rings. The Morgan fingerprint density at radius 2 is 2.00 bits per heavy atom. The highest BCUT2D eigenvalue weighted by Gasteiger charge is 2.19. The molecule has 138 valence electrons. The van der Waals surface area contributed by atoms with Crippen LogP contribution in [0.3, 0.4) is 0 Å². The van der Waals surface area contributed by atoms with Gasteiger partial charge in [-0.3, -0.25) is 0 Å². The number of hydrogen-bond acceptors (Lipinski definition) is 6. The number of sulfonamides is 1. The van der Waals surface area contributed by atoms with Crippen LogP contribution in [0, 0.1) is 13.8 Å². The third-order valence-corrected chi connectivity index (χ3v) is 5.48. The standard InChI is InChI=1S/C18H21N3O4S/c1-4-5-15-9-16(25-21-15)10-20-26(22,23)18-8-14(7-6-12(18)2)17-11-19-13(3)24-17/h6-9,11,20H,4-5,10H2,1-3H3. The monoisotopic (exact) mass is 375 g/mol. The van der Waals surface area contributed by atoms with E-state index in [0.717, 1.165) is 18.5 Å². The van der Waals surface area contributed by atoms with Crippen molar-refractivity contribution in [3.8, 4) is 11.3 Å². The van der Waals surface area contributed by atoms with Crippen molar-refractivity contribution in [3.63, 3.8) is 0 Å². The van der Waals surface area contributed by atoms with Gasteiger partial charge in [0.1, 0.15) is 0 Å². The summed E-state index contributed by atoms with van der Waals surface area (Å²) >= 11 is 0. The Labute approximate surface area is 152 Å². The lowest BCUT2D eigenvalue weighted by atomic mass is 10.1. The smallest absolute Gasteiger partial charge is 0.241 e. The van der Waals surface area contributed by atoms with E-state index in [4.69, 9.17) is 8.94 Å². The molecule has 0 atom stereocenters. The molecule has 3 rings (SSSR count). The van der Waals surface area contributed by atoms with Crippen LogP contribution in [-0.2, 0) is 23.0 Å². The zero-order valence-corrected chi connectivity index (χ0v) is 15.8. The third kappa shape index (κ3) is 4.03. The van der Waals surface area contributed by atoms with Gasteiger partial charge in [0, 0.05) is 18.6 Å². The molecule has 0 unspecified atom stereocenters. The van der Waals surface area contributed by atoms with E-state index in [1.165, 1.54) is 0 Å². The normalized spacial score (nSPS) is 11.8. The van der Waals surface area contributed by atoms with E-state index in [1.54, 1.807) is 38.2 Å². The molecule has 8 heteroatoms. The van der Waals surface area contributed by atoms with Gasteiger partial charge in [0.05, 0.1) is 23.3 Å². The van der Waals surface area contributed by atoms with Crippen LogP contribution in [0.1, 0.15) is 36.3 Å². The zero-order chi connectivity index (χ0) is 18.7. The fourth-order valence-corrected chi connectivity index (χ4v) is 3.86. The summed E-state index contributed by atoms with van der Waals surface area (Å²) in [7, 11) is -3.72. The van der Waals surface area contributed by atoms with Crippen LogP contribution in [0.5, 0.6) is 0 Å². The van der Waals surface area contributed by atoms with E-state index in [2.05, 4.69) is 14.9 Å². The lowest BCUT2D eigenvalue weighted by Gasteiger charge is -2.09. The molecule has 1 aromatic carbocycles. The Morgan fingerprint density at radius 3 is 2.69 bits per heavy atom. The molecular weight excluding hydrogens is 354 g/mol. The summed E-state index contributed by atoms with van der Waals surface area (Å²) in [5.41, 5.74) is 2.11. The molecule has 0 aliphatic heterocycles. The number of aromatic nitrogens is 2. The van der Waals surface area contributed by atoms with Crippen molar-refractivity contribution >= 4 is 10.0 Å². The maximum absolute atomic E-state index is 12.7. The number of benzene rings is 1. The molecule has 0 saturated heterocycles. The summed E-state index contributed by atoms with van der Waals surface area (Å²) in [6, 6.07) is 6.91. The van der Waals surface area contributed by atoms with Crippen LogP contribution in [0.15, 0.2) is 44.3 Å². The second kappa shape index (κ2) is 7.43. The molecule has 7 nitrogen and oxygen atoms in total. The maximum atomic E-state index is 12.7. The number of rotatable bonds is 7. The van der Waals surface area contributed by atoms with Crippen molar-refractivity contribution in [3.05, 3.63) is 53.4 Å². The quantitative estimate of drug-likeness (QED) is 0.680. The summed E-state index contributed by atoms with van der Waals surface area (Å²) in [5.74, 6) is 1.53. The molecule has 0 aliphatic rings. The minimum Gasteiger partial charge on any atom is -0.441 e. The van der Waals surface area contributed by atoms with Gasteiger partial charge < -0.3 is 8.94 Å². The largest absolute Gasteiger partial charge is 0.441 e. The van der Waals surface area contributed by atoms with Crippen LogP contribution in [0.25, 0.3) is 11.3 Å². The van der Waals surface area contributed by atoms with Gasteiger partial charge in [-0.25, -0.2) is 18.1 Å². The van der Waals surface area contributed by atoms with Gasteiger partial charge in [0.25, 0.3) is 0 Å². The highest BCUT2D eigenvalue weighted by molar-refractivity contribution is 7.89. The van der Waals surface area contributed by atoms with Gasteiger partial charge >= 0.3 is 0 Å². The van der Waals surface area contributed by atoms with Crippen LogP contribution in [0.4, 0.5) is 0 Å². The van der Waals surface area contributed by atoms with Crippen molar-refractivity contribution in [1.82, 2.24) is 14.9 Å². The van der Waals surface area contributed by atoms with E-state index in [-0.39, 0.29) is 11.4 Å². The number of nitrogens with zero attached hydrogens (tertiary/aromatic N) is 2. The Bertz CT molecular complexity index is 1010. The molecule has 0 bridgehead atoms. The molecule has 2 heterocycles. The minimum atomic E-state index is -3.72. The zero-order valence-electron chi connectivity index (χ0n) is 14.9. The highest BCUT2D eigenvalue weighted by atomic mass is 32.2. The van der Waals surface area contributed by atoms with Gasteiger partial charge in [0.15, 0.2) is 17.4 Å². The number of oxazole rings is 1. The first-order valence-corrected chi connectivity index (χ1v) is 9.85. The van der Waals surface area contributed by atoms with Crippen molar-refractivity contribution < 1.29 is 17.4 Å². The average molecular weight is 375 g/mol. The van der Waals surface area contributed by atoms with Gasteiger partial charge in [-0.1, -0.05) is 30.6 Å². The number of aryl methyl sites for hydroxylation is 3. The summed E-state index contributed by atoms with van der Waals surface area (Å²) in [6.45, 7) is 5.58. The lowest BCUT2D eigenvalue weighted by molar-refractivity contribution is 0.374. The molecule has 0 radical (unpaired) electrons. The molecule has 3 aromatic rings. The van der Waals surface area contributed by atoms with Crippen molar-refractivity contribution in [1.29, 1.82) is 0 Å². The Morgan fingerprint density at radius 1 is 1.19 bits per heavy atom. The van der Waals surface area contributed by atoms with E-state index in [0.29, 0.717) is 28.5 Å². The van der Waals surface area contributed by atoms with E-state index in [9.17, 15) is 8.42 Å². The maximum Gasteiger partial charge on any atom is 0.241 e. The molecule has 2 aromatic heterocycles. The Balaban J connectivity index is 1.81. The third-order valence-electron chi connectivity index (χ3n) is 3.93. The first kappa shape index (κ1) is 18.3. The predicted octanol–water partition coefficient (Wildman–Crippen LogP) is 3.38. The van der Waals surface area contributed by atoms with Gasteiger partial charge in [-0.2, -0.15) is 0 Å². The van der Waals surface area contributed by atoms with E-state index < -0.39 is 10.0 Å². The number of nitrogens with one attached hydrogen (secondary N) is 1. The van der Waals surface area contributed by atoms with Crippen LogP contribution in [0.2, 0.25) is 0 Å². The first-order valence-electron chi connectivity index (χ1n) is 8.36. The number of hydrogen-bond donors (Lipinski definition) is 1. The fraction of sp³-hybridized carbons (Fsp3) is 0.333. The molecule has 0 amide bonds. The summed E-state index contributed by atoms with van der Waals surface area (Å²) < 4.78 is 38.7. The van der Waals surface area contributed by atoms with E-state index in [1.807, 2.05) is 13.0 Å². The summed E-state index contributed by atoms with van der Waals surface area (Å²) in [5, 5.41) is 3.92. The van der Waals surface area contributed by atoms with E-state index >= 15 is 0 Å². The molecular formula is C18H21N3O4S. The Kier molecular flexibility index (Phi) is 5.24. The molecule has 0 aliphatic carbocycles. The van der Waals surface area contributed by atoms with Crippen molar-refractivity contribution in [2.24, 2.45) is 0 Å². The fourth-order valence-electron chi connectivity index (χ4n) is 2.59. The highest BCUT2D eigenvalue weighted by Crippen LogP contribution is 2.25. The van der Waals surface area contributed by atoms with Crippen molar-refractivity contribution in [2.45, 2.75) is 45.1 Å². The Hall–Kier alpha value is -2.45. The van der Waals surface area contributed by atoms with Crippen LogP contribution >= 0.6 is 0 Å². The molecule has 26 heavy (non-hydrogen) atoms. The second-order valence-electron chi connectivity index (χ2n) is 6.08. The second-order valence-corrected chi connectivity index (χ2v) is 7.82. The predicted molar refractivity (Wildman–Crippen MR) is 95.9 cm³/mol. The minimum absolute atomic E-state index is 0.0458. The SMILES string of the molecule is CCCc1cc(CNS(=O)(=O)c2cc(-c3cnc(C)o3)ccc2C)on1. The summed E-state index contributed by atoms with van der Waals surface area (Å²) in [4.78, 5) is 4.24. The van der Waals surface area contributed by atoms with Gasteiger partial charge in [-0.05, 0) is 25.0 Å². The van der Waals surface area contributed by atoms with Gasteiger partial charge in [0.2, 0.25) is 10.0 Å². The average Bonchev–Trinajstić information content (AvgIpc) is 3.23. The van der Waals surface area contributed by atoms with Crippen LogP contribution < -0.4 is 4.72 Å². The molecule has 0 spiro atoms. The topological polar surface area (TPSA) is 98.2 Å². The van der Waals surface area contributed by atoms with Crippen LogP contribution in [-0.4, -0.2) is 18.6 Å².